The summed E-state index contributed by atoms with van der Waals surface area (Å²) >= 11 is 0. The van der Waals surface area contributed by atoms with Gasteiger partial charge in [-0.25, -0.2) is 4.39 Å². The Morgan fingerprint density at radius 1 is 1.35 bits per heavy atom. The van der Waals surface area contributed by atoms with Gasteiger partial charge in [0, 0.05) is 25.6 Å². The molecule has 0 unspecified atom stereocenters. The third-order valence-electron chi connectivity index (χ3n) is 3.41. The van der Waals surface area contributed by atoms with Gasteiger partial charge in [-0.05, 0) is 32.2 Å². The van der Waals surface area contributed by atoms with E-state index in [-0.39, 0.29) is 0 Å². The van der Waals surface area contributed by atoms with Crippen molar-refractivity contribution in [1.82, 2.24) is 4.90 Å². The summed E-state index contributed by atoms with van der Waals surface area (Å²) in [4.78, 5) is 2.28. The van der Waals surface area contributed by atoms with Crippen molar-refractivity contribution in [2.45, 2.75) is 52.1 Å². The summed E-state index contributed by atoms with van der Waals surface area (Å²) in [5.41, 5.74) is 0.381. The number of hydrogen-bond donors (Lipinski definition) is 0. The molecule has 1 aliphatic carbocycles. The Labute approximate surface area is 106 Å². The number of halogens is 1. The molecule has 1 saturated carbocycles. The van der Waals surface area contributed by atoms with Crippen LogP contribution in [0, 0.1) is 5.41 Å². The fourth-order valence-electron chi connectivity index (χ4n) is 2.45. The van der Waals surface area contributed by atoms with Crippen molar-refractivity contribution in [2.75, 3.05) is 33.4 Å². The molecule has 2 fully saturated rings. The van der Waals surface area contributed by atoms with E-state index in [1.807, 2.05) is 0 Å². The number of methoxy groups -OCH3 is 1. The summed E-state index contributed by atoms with van der Waals surface area (Å²) in [7, 11) is 1.76. The highest BCUT2D eigenvalue weighted by atomic mass is 19.1. The summed E-state index contributed by atoms with van der Waals surface area (Å²) in [6, 6.07) is 0. The molecule has 2 rings (SSSR count). The van der Waals surface area contributed by atoms with Crippen LogP contribution in [0.1, 0.15) is 46.0 Å². The average Bonchev–Trinajstić information content (AvgIpc) is 2.99. The maximum absolute atomic E-state index is 13.1. The molecule has 1 atom stereocenters. The summed E-state index contributed by atoms with van der Waals surface area (Å²) in [5, 5.41) is 0. The molecular weight excluding hydrogens is 217 g/mol. The lowest BCUT2D eigenvalue weighted by atomic mass is 10.0. The summed E-state index contributed by atoms with van der Waals surface area (Å²) in [6.07, 6.45) is 4.95. The minimum Gasteiger partial charge on any atom is -0.384 e. The third kappa shape index (κ3) is 5.35. The Bertz CT molecular complexity index is 206. The second kappa shape index (κ2) is 7.32. The van der Waals surface area contributed by atoms with Gasteiger partial charge in [-0.2, -0.15) is 0 Å². The molecule has 2 nitrogen and oxygen atoms in total. The molecule has 0 aromatic carbocycles. The van der Waals surface area contributed by atoms with Gasteiger partial charge < -0.3 is 4.74 Å². The zero-order valence-electron chi connectivity index (χ0n) is 11.7. The molecule has 1 saturated heterocycles. The highest BCUT2D eigenvalue weighted by molar-refractivity contribution is 4.96. The van der Waals surface area contributed by atoms with E-state index in [0.29, 0.717) is 12.0 Å². The SMILES string of the molecule is CCC.COCC1(CN2CCC[C@H](F)C2)CC1. The molecule has 1 aliphatic heterocycles. The first-order chi connectivity index (χ1) is 8.15. The molecular formula is C14H28FNO. The Morgan fingerprint density at radius 2 is 2.00 bits per heavy atom. The second-order valence-corrected chi connectivity index (χ2v) is 5.61. The molecule has 17 heavy (non-hydrogen) atoms. The quantitative estimate of drug-likeness (QED) is 0.754. The minimum absolute atomic E-state index is 0.381. The lowest BCUT2D eigenvalue weighted by Gasteiger charge is -2.32. The van der Waals surface area contributed by atoms with E-state index < -0.39 is 6.17 Å². The number of piperidine rings is 1. The van der Waals surface area contributed by atoms with E-state index in [9.17, 15) is 4.39 Å². The standard InChI is InChI=1S/C11H20FNO.C3H8/c1-14-9-11(4-5-11)8-13-6-2-3-10(12)7-13;1-3-2/h10H,2-9H2,1H3;3H2,1-2H3/t10-;/m0./s1. The molecule has 0 aromatic rings. The van der Waals surface area contributed by atoms with E-state index in [2.05, 4.69) is 18.7 Å². The van der Waals surface area contributed by atoms with Crippen LogP contribution in [-0.2, 0) is 4.74 Å². The fourth-order valence-corrected chi connectivity index (χ4v) is 2.45. The number of ether oxygens (including phenoxy) is 1. The van der Waals surface area contributed by atoms with Gasteiger partial charge in [0.2, 0.25) is 0 Å². The second-order valence-electron chi connectivity index (χ2n) is 5.61. The topological polar surface area (TPSA) is 12.5 Å². The van der Waals surface area contributed by atoms with Crippen molar-refractivity contribution >= 4 is 0 Å². The number of hydrogen-bond acceptors (Lipinski definition) is 2. The van der Waals surface area contributed by atoms with Crippen LogP contribution in [0.15, 0.2) is 0 Å². The number of nitrogens with zero attached hydrogens (tertiary/aromatic N) is 1. The van der Waals surface area contributed by atoms with Crippen LogP contribution in [0.25, 0.3) is 0 Å². The normalized spacial score (nSPS) is 27.2. The van der Waals surface area contributed by atoms with Crippen LogP contribution in [0.3, 0.4) is 0 Å². The van der Waals surface area contributed by atoms with Crippen molar-refractivity contribution < 1.29 is 9.13 Å². The highest BCUT2D eigenvalue weighted by Gasteiger charge is 2.44. The molecule has 2 aliphatic rings. The molecule has 0 bridgehead atoms. The van der Waals surface area contributed by atoms with Gasteiger partial charge in [-0.15, -0.1) is 0 Å². The molecule has 0 amide bonds. The zero-order valence-corrected chi connectivity index (χ0v) is 11.7. The third-order valence-corrected chi connectivity index (χ3v) is 3.41. The smallest absolute Gasteiger partial charge is 0.113 e. The molecule has 0 aromatic heterocycles. The molecule has 0 radical (unpaired) electrons. The van der Waals surface area contributed by atoms with E-state index in [4.69, 9.17) is 4.74 Å². The van der Waals surface area contributed by atoms with Crippen LogP contribution in [0.5, 0.6) is 0 Å². The minimum atomic E-state index is -0.595. The van der Waals surface area contributed by atoms with Crippen molar-refractivity contribution in [1.29, 1.82) is 0 Å². The molecule has 3 heteroatoms. The van der Waals surface area contributed by atoms with Crippen LogP contribution in [0.2, 0.25) is 0 Å². The summed E-state index contributed by atoms with van der Waals surface area (Å²) < 4.78 is 18.4. The van der Waals surface area contributed by atoms with Crippen LogP contribution in [-0.4, -0.2) is 44.4 Å². The number of likely N-dealkylation sites (tertiary alicyclic amines) is 1. The molecule has 1 heterocycles. The van der Waals surface area contributed by atoms with E-state index >= 15 is 0 Å². The van der Waals surface area contributed by atoms with Gasteiger partial charge in [-0.1, -0.05) is 20.3 Å². The lowest BCUT2D eigenvalue weighted by Crippen LogP contribution is -2.40. The maximum Gasteiger partial charge on any atom is 0.113 e. The molecule has 102 valence electrons. The first-order valence-corrected chi connectivity index (χ1v) is 7.01. The van der Waals surface area contributed by atoms with Gasteiger partial charge in [0.25, 0.3) is 0 Å². The number of alkyl halides is 1. The van der Waals surface area contributed by atoms with Gasteiger partial charge in [0.1, 0.15) is 6.17 Å². The Kier molecular flexibility index (Phi) is 6.42. The first kappa shape index (κ1) is 14.9. The molecule has 0 spiro atoms. The summed E-state index contributed by atoms with van der Waals surface area (Å²) in [6.45, 7) is 7.86. The maximum atomic E-state index is 13.1. The monoisotopic (exact) mass is 245 g/mol. The number of rotatable bonds is 4. The van der Waals surface area contributed by atoms with Crippen molar-refractivity contribution in [3.05, 3.63) is 0 Å². The Hall–Kier alpha value is -0.150. The zero-order chi connectivity index (χ0) is 12.7. The largest absolute Gasteiger partial charge is 0.384 e. The van der Waals surface area contributed by atoms with Gasteiger partial charge in [0.15, 0.2) is 0 Å². The van der Waals surface area contributed by atoms with Crippen LogP contribution >= 0.6 is 0 Å². The van der Waals surface area contributed by atoms with E-state index in [0.717, 1.165) is 32.5 Å². The summed E-state index contributed by atoms with van der Waals surface area (Å²) in [5.74, 6) is 0. The first-order valence-electron chi connectivity index (χ1n) is 7.01. The van der Waals surface area contributed by atoms with Crippen LogP contribution in [0.4, 0.5) is 4.39 Å². The van der Waals surface area contributed by atoms with Crippen molar-refractivity contribution in [3.8, 4) is 0 Å². The van der Waals surface area contributed by atoms with Gasteiger partial charge in [-0.3, -0.25) is 4.90 Å². The van der Waals surface area contributed by atoms with E-state index in [1.165, 1.54) is 19.3 Å². The Morgan fingerprint density at radius 3 is 2.47 bits per heavy atom. The van der Waals surface area contributed by atoms with Gasteiger partial charge >= 0.3 is 0 Å². The van der Waals surface area contributed by atoms with Crippen molar-refractivity contribution in [3.63, 3.8) is 0 Å². The van der Waals surface area contributed by atoms with Gasteiger partial charge in [0.05, 0.1) is 6.61 Å². The van der Waals surface area contributed by atoms with E-state index in [1.54, 1.807) is 7.11 Å². The molecule has 0 N–H and O–H groups in total. The fraction of sp³-hybridized carbons (Fsp3) is 1.00. The highest BCUT2D eigenvalue weighted by Crippen LogP contribution is 2.46. The van der Waals surface area contributed by atoms with Crippen LogP contribution < -0.4 is 0 Å². The lowest BCUT2D eigenvalue weighted by molar-refractivity contribution is 0.0771. The average molecular weight is 245 g/mol. The predicted octanol–water partition coefficient (Wildman–Crippen LogP) is 3.26. The predicted molar refractivity (Wildman–Crippen MR) is 70.1 cm³/mol. The van der Waals surface area contributed by atoms with Crippen molar-refractivity contribution in [2.24, 2.45) is 5.41 Å². The Balaban J connectivity index is 0.000000437.